The quantitative estimate of drug-likeness (QED) is 0.828. The van der Waals surface area contributed by atoms with Crippen LogP contribution in [0.4, 0.5) is 22.1 Å². The third kappa shape index (κ3) is 5.18. The molecule has 6 nitrogen and oxygen atoms in total. The topological polar surface area (TPSA) is 70.2 Å². The molecule has 0 spiro atoms. The zero-order chi connectivity index (χ0) is 19.4. The third-order valence-electron chi connectivity index (χ3n) is 5.01. The van der Waals surface area contributed by atoms with Gasteiger partial charge in [0.25, 0.3) is 0 Å². The number of hydrogen-bond donors (Lipinski definition) is 2. The van der Waals surface area contributed by atoms with Gasteiger partial charge in [0.1, 0.15) is 18.0 Å². The van der Waals surface area contributed by atoms with E-state index < -0.39 is 0 Å². The molecule has 0 radical (unpaired) electrons. The smallest absolute Gasteiger partial charge is 0.324 e. The molecule has 1 aromatic heterocycles. The first-order valence-corrected chi connectivity index (χ1v) is 9.57. The van der Waals surface area contributed by atoms with Gasteiger partial charge in [-0.25, -0.2) is 14.8 Å². The highest BCUT2D eigenvalue weighted by atomic mass is 16.2. The lowest BCUT2D eigenvalue weighted by atomic mass is 9.87. The highest BCUT2D eigenvalue weighted by Crippen LogP contribution is 2.24. The maximum Gasteiger partial charge on any atom is 0.324 e. The molecule has 0 aliphatic carbocycles. The van der Waals surface area contributed by atoms with E-state index in [1.54, 1.807) is 0 Å². The molecule has 0 bridgehead atoms. The van der Waals surface area contributed by atoms with Crippen LogP contribution in [0.1, 0.15) is 46.1 Å². The first kappa shape index (κ1) is 19.1. The summed E-state index contributed by atoms with van der Waals surface area (Å²) in [6, 6.07) is 9.43. The molecular weight excluding hydrogens is 338 g/mol. The highest BCUT2D eigenvalue weighted by Gasteiger charge is 2.18. The second-order valence-corrected chi connectivity index (χ2v) is 8.34. The number of benzene rings is 1. The van der Waals surface area contributed by atoms with E-state index in [-0.39, 0.29) is 11.4 Å². The normalized spacial score (nSPS) is 15.5. The SMILES string of the molecule is CC1CCN(c2cc(NC(=O)Nc3ccc(C(C)(C)C)cc3)ncn2)CC1. The molecule has 0 atom stereocenters. The van der Waals surface area contributed by atoms with Crippen molar-refractivity contribution in [3.8, 4) is 0 Å². The summed E-state index contributed by atoms with van der Waals surface area (Å²) < 4.78 is 0. The van der Waals surface area contributed by atoms with Crippen molar-refractivity contribution in [1.29, 1.82) is 0 Å². The van der Waals surface area contributed by atoms with E-state index >= 15 is 0 Å². The number of hydrogen-bond acceptors (Lipinski definition) is 4. The van der Waals surface area contributed by atoms with Crippen molar-refractivity contribution in [2.45, 2.75) is 46.0 Å². The third-order valence-corrected chi connectivity index (χ3v) is 5.01. The Hall–Kier alpha value is -2.63. The number of nitrogens with zero attached hydrogens (tertiary/aromatic N) is 3. The Balaban J connectivity index is 1.60. The number of amides is 2. The minimum atomic E-state index is -0.310. The van der Waals surface area contributed by atoms with Crippen LogP contribution in [0.5, 0.6) is 0 Å². The fourth-order valence-corrected chi connectivity index (χ4v) is 3.16. The minimum absolute atomic E-state index is 0.0877. The minimum Gasteiger partial charge on any atom is -0.356 e. The van der Waals surface area contributed by atoms with E-state index in [0.29, 0.717) is 5.82 Å². The van der Waals surface area contributed by atoms with E-state index in [1.807, 2.05) is 30.3 Å². The Morgan fingerprint density at radius 1 is 1.07 bits per heavy atom. The summed E-state index contributed by atoms with van der Waals surface area (Å²) in [6.45, 7) is 10.8. The molecular formula is C21H29N5O. The van der Waals surface area contributed by atoms with Crippen molar-refractivity contribution in [2.75, 3.05) is 28.6 Å². The molecule has 144 valence electrons. The fraction of sp³-hybridized carbons (Fsp3) is 0.476. The Labute approximate surface area is 161 Å². The molecule has 2 aromatic rings. The number of piperidine rings is 1. The first-order valence-electron chi connectivity index (χ1n) is 9.57. The van der Waals surface area contributed by atoms with Gasteiger partial charge in [-0.3, -0.25) is 5.32 Å². The number of nitrogens with one attached hydrogen (secondary N) is 2. The summed E-state index contributed by atoms with van der Waals surface area (Å²) in [7, 11) is 0. The number of rotatable bonds is 3. The van der Waals surface area contributed by atoms with E-state index in [1.165, 1.54) is 11.9 Å². The molecule has 1 fully saturated rings. The molecule has 1 saturated heterocycles. The summed E-state index contributed by atoms with van der Waals surface area (Å²) in [6.07, 6.45) is 3.83. The number of carbonyl (C=O) groups is 1. The molecule has 6 heteroatoms. The van der Waals surface area contributed by atoms with Crippen molar-refractivity contribution in [3.63, 3.8) is 0 Å². The van der Waals surface area contributed by atoms with Crippen LogP contribution in [0.3, 0.4) is 0 Å². The van der Waals surface area contributed by atoms with E-state index in [0.717, 1.165) is 43.4 Å². The van der Waals surface area contributed by atoms with Gasteiger partial charge < -0.3 is 10.2 Å². The fourth-order valence-electron chi connectivity index (χ4n) is 3.16. The van der Waals surface area contributed by atoms with Gasteiger partial charge >= 0.3 is 6.03 Å². The zero-order valence-electron chi connectivity index (χ0n) is 16.6. The van der Waals surface area contributed by atoms with Crippen LogP contribution in [0.15, 0.2) is 36.7 Å². The maximum absolute atomic E-state index is 12.3. The predicted octanol–water partition coefficient (Wildman–Crippen LogP) is 4.65. The average molecular weight is 367 g/mol. The summed E-state index contributed by atoms with van der Waals surface area (Å²) in [5.41, 5.74) is 2.06. The van der Waals surface area contributed by atoms with Crippen LogP contribution in [0, 0.1) is 5.92 Å². The van der Waals surface area contributed by atoms with E-state index in [9.17, 15) is 4.79 Å². The average Bonchev–Trinajstić information content (AvgIpc) is 2.62. The van der Waals surface area contributed by atoms with Gasteiger partial charge in [0.15, 0.2) is 0 Å². The molecule has 1 aromatic carbocycles. The summed E-state index contributed by atoms with van der Waals surface area (Å²) in [5.74, 6) is 2.13. The standard InChI is InChI=1S/C21H29N5O/c1-15-9-11-26(12-10-15)19-13-18(22-14-23-19)25-20(27)24-17-7-5-16(6-8-17)21(2,3)4/h5-8,13-15H,9-12H2,1-4H3,(H2,22,23,24,25,27). The second-order valence-electron chi connectivity index (χ2n) is 8.34. The number of aromatic nitrogens is 2. The van der Waals surface area contributed by atoms with Crippen molar-refractivity contribution in [3.05, 3.63) is 42.2 Å². The van der Waals surface area contributed by atoms with Crippen LogP contribution in [-0.2, 0) is 5.41 Å². The van der Waals surface area contributed by atoms with Gasteiger partial charge in [-0.1, -0.05) is 39.8 Å². The zero-order valence-corrected chi connectivity index (χ0v) is 16.6. The molecule has 27 heavy (non-hydrogen) atoms. The van der Waals surface area contributed by atoms with Crippen LogP contribution in [0.25, 0.3) is 0 Å². The monoisotopic (exact) mass is 367 g/mol. The van der Waals surface area contributed by atoms with Gasteiger partial charge in [0.05, 0.1) is 0 Å². The van der Waals surface area contributed by atoms with Gasteiger partial charge in [0.2, 0.25) is 0 Å². The molecule has 1 aliphatic heterocycles. The summed E-state index contributed by atoms with van der Waals surface area (Å²) in [4.78, 5) is 23.1. The molecule has 1 aliphatic rings. The van der Waals surface area contributed by atoms with Crippen molar-refractivity contribution in [1.82, 2.24) is 9.97 Å². The Bertz CT molecular complexity index is 774. The second kappa shape index (κ2) is 7.94. The lowest BCUT2D eigenvalue weighted by Crippen LogP contribution is -2.33. The van der Waals surface area contributed by atoms with Gasteiger partial charge in [0, 0.05) is 24.8 Å². The molecule has 2 N–H and O–H groups in total. The first-order chi connectivity index (χ1) is 12.8. The van der Waals surface area contributed by atoms with Crippen molar-refractivity contribution < 1.29 is 4.79 Å². The van der Waals surface area contributed by atoms with Crippen molar-refractivity contribution in [2.24, 2.45) is 5.92 Å². The molecule has 0 saturated carbocycles. The Kier molecular flexibility index (Phi) is 5.63. The van der Waals surface area contributed by atoms with Gasteiger partial charge in [-0.05, 0) is 41.9 Å². The largest absolute Gasteiger partial charge is 0.356 e. The van der Waals surface area contributed by atoms with Crippen molar-refractivity contribution >= 4 is 23.4 Å². The number of urea groups is 1. The summed E-state index contributed by atoms with van der Waals surface area (Å²) >= 11 is 0. The molecule has 3 rings (SSSR count). The molecule has 2 heterocycles. The molecule has 2 amide bonds. The summed E-state index contributed by atoms with van der Waals surface area (Å²) in [5, 5.41) is 5.65. The number of anilines is 3. The lowest BCUT2D eigenvalue weighted by Gasteiger charge is -2.31. The van der Waals surface area contributed by atoms with Crippen LogP contribution >= 0.6 is 0 Å². The van der Waals surface area contributed by atoms with E-state index in [4.69, 9.17) is 0 Å². The Morgan fingerprint density at radius 3 is 2.37 bits per heavy atom. The predicted molar refractivity (Wildman–Crippen MR) is 110 cm³/mol. The number of carbonyl (C=O) groups excluding carboxylic acids is 1. The maximum atomic E-state index is 12.3. The molecule has 0 unspecified atom stereocenters. The van der Waals surface area contributed by atoms with E-state index in [2.05, 4.69) is 53.2 Å². The van der Waals surface area contributed by atoms with Crippen LogP contribution in [-0.4, -0.2) is 29.1 Å². The van der Waals surface area contributed by atoms with Crippen LogP contribution in [0.2, 0.25) is 0 Å². The van der Waals surface area contributed by atoms with Crippen LogP contribution < -0.4 is 15.5 Å². The lowest BCUT2D eigenvalue weighted by molar-refractivity contribution is 0.262. The highest BCUT2D eigenvalue weighted by molar-refractivity contribution is 5.99. The van der Waals surface area contributed by atoms with Gasteiger partial charge in [-0.15, -0.1) is 0 Å². The Morgan fingerprint density at radius 2 is 1.74 bits per heavy atom. The van der Waals surface area contributed by atoms with Gasteiger partial charge in [-0.2, -0.15) is 0 Å².